The summed E-state index contributed by atoms with van der Waals surface area (Å²) in [5.74, 6) is -2.38. The number of nitro benzene ring substituents is 1. The van der Waals surface area contributed by atoms with Gasteiger partial charge in [0, 0.05) is 18.6 Å². The molecule has 0 saturated carbocycles. The summed E-state index contributed by atoms with van der Waals surface area (Å²) in [6.45, 7) is 3.14. The molecule has 2 aromatic rings. The van der Waals surface area contributed by atoms with Crippen LogP contribution in [0, 0.1) is 10.1 Å². The molecule has 2 N–H and O–H groups in total. The number of fused-ring (bicyclic) bond motifs is 1. The smallest absolute Gasteiger partial charge is 0.331 e. The number of carbonyl (C=O) groups excluding carboxylic acids is 2. The maximum Gasteiger partial charge on any atom is 0.331 e. The fraction of sp³-hybridized carbons (Fsp3) is 0.348. The van der Waals surface area contributed by atoms with E-state index in [0.29, 0.717) is 11.1 Å². The molecule has 0 radical (unpaired) electrons. The van der Waals surface area contributed by atoms with E-state index in [9.17, 15) is 33.8 Å². The van der Waals surface area contributed by atoms with Gasteiger partial charge in [-0.3, -0.25) is 23.9 Å². The number of β-lactam (4-membered cyclic amide) rings is 1. The van der Waals surface area contributed by atoms with Gasteiger partial charge < -0.3 is 15.3 Å². The van der Waals surface area contributed by atoms with Crippen molar-refractivity contribution in [2.75, 3.05) is 0 Å². The Hall–Kier alpha value is -3.60. The second-order valence-corrected chi connectivity index (χ2v) is 11.0. The minimum Gasteiger partial charge on any atom is -0.479 e. The first-order chi connectivity index (χ1) is 16.0. The molecule has 0 aliphatic carbocycles. The number of amides is 2. The molecule has 2 amide bonds. The van der Waals surface area contributed by atoms with Gasteiger partial charge in [0.15, 0.2) is 5.54 Å². The zero-order valence-corrected chi connectivity index (χ0v) is 19.3. The number of rotatable bonds is 7. The number of nitro groups is 1. The van der Waals surface area contributed by atoms with E-state index in [2.05, 4.69) is 5.32 Å². The van der Waals surface area contributed by atoms with Gasteiger partial charge >= 0.3 is 5.97 Å². The standard InChI is InChI=1S/C23H23N3O7S/c1-22(2)23(21(29)30,13-15-6-4-3-5-7-15)25-19(28)18(20(25)34(22)33)24-17(27)12-14-8-10-16(11-9-14)26(31)32/h3-11,18,20H,12-13H2,1-2H3,(H,24,27)(H,29,30)/t18?,20-,23?,34?/m1/s1. The van der Waals surface area contributed by atoms with Crippen LogP contribution >= 0.6 is 0 Å². The van der Waals surface area contributed by atoms with Crippen molar-refractivity contribution in [2.24, 2.45) is 0 Å². The van der Waals surface area contributed by atoms with Crippen LogP contribution in [0.2, 0.25) is 0 Å². The van der Waals surface area contributed by atoms with Crippen molar-refractivity contribution < 1.29 is 28.6 Å². The summed E-state index contributed by atoms with van der Waals surface area (Å²) in [6, 6.07) is 13.2. The van der Waals surface area contributed by atoms with Crippen LogP contribution in [-0.4, -0.2) is 58.6 Å². The highest BCUT2D eigenvalue weighted by Gasteiger charge is 2.76. The number of carbonyl (C=O) groups is 3. The van der Waals surface area contributed by atoms with Crippen molar-refractivity contribution in [3.8, 4) is 0 Å². The van der Waals surface area contributed by atoms with Gasteiger partial charge in [0.2, 0.25) is 11.8 Å². The first-order valence-corrected chi connectivity index (χ1v) is 11.8. The van der Waals surface area contributed by atoms with Crippen LogP contribution in [0.15, 0.2) is 54.6 Å². The summed E-state index contributed by atoms with van der Waals surface area (Å²) < 4.78 is 12.1. The Morgan fingerprint density at radius 2 is 1.74 bits per heavy atom. The highest BCUT2D eigenvalue weighted by atomic mass is 32.2. The molecule has 2 aromatic carbocycles. The van der Waals surface area contributed by atoms with Crippen molar-refractivity contribution in [3.05, 3.63) is 75.8 Å². The number of non-ortho nitro benzene ring substituents is 1. The lowest BCUT2D eigenvalue weighted by Gasteiger charge is -2.49. The number of hydrogen-bond acceptors (Lipinski definition) is 6. The van der Waals surface area contributed by atoms with Gasteiger partial charge in [0.1, 0.15) is 11.4 Å². The molecule has 2 aliphatic rings. The summed E-state index contributed by atoms with van der Waals surface area (Å²) >= 11 is 0. The third kappa shape index (κ3) is 3.47. The molecule has 3 unspecified atom stereocenters. The van der Waals surface area contributed by atoms with E-state index >= 15 is 0 Å². The predicted octanol–water partition coefficient (Wildman–Crippen LogP) is 1.40. The molecule has 0 bridgehead atoms. The number of nitrogens with zero attached hydrogens (tertiary/aromatic N) is 2. The van der Waals surface area contributed by atoms with Crippen molar-refractivity contribution in [1.29, 1.82) is 0 Å². The minimum absolute atomic E-state index is 0.0202. The molecule has 2 fully saturated rings. The fourth-order valence-electron chi connectivity index (χ4n) is 4.75. The lowest BCUT2D eigenvalue weighted by atomic mass is 9.76. The Kier molecular flexibility index (Phi) is 5.76. The van der Waals surface area contributed by atoms with Crippen LogP contribution in [0.5, 0.6) is 0 Å². The Morgan fingerprint density at radius 3 is 2.29 bits per heavy atom. The van der Waals surface area contributed by atoms with E-state index in [1.165, 1.54) is 24.3 Å². The van der Waals surface area contributed by atoms with Crippen LogP contribution in [0.4, 0.5) is 5.69 Å². The summed E-state index contributed by atoms with van der Waals surface area (Å²) in [6.07, 6.45) is -0.160. The van der Waals surface area contributed by atoms with E-state index in [4.69, 9.17) is 0 Å². The Bertz CT molecular complexity index is 1200. The topological polar surface area (TPSA) is 147 Å². The van der Waals surface area contributed by atoms with Crippen molar-refractivity contribution >= 4 is 34.3 Å². The molecule has 0 aromatic heterocycles. The number of carboxylic acids is 1. The van der Waals surface area contributed by atoms with Crippen LogP contribution in [0.3, 0.4) is 0 Å². The second-order valence-electron chi connectivity index (χ2n) is 8.88. The maximum absolute atomic E-state index is 13.4. The average molecular weight is 486 g/mol. The predicted molar refractivity (Wildman–Crippen MR) is 122 cm³/mol. The van der Waals surface area contributed by atoms with Crippen LogP contribution in [-0.2, 0) is 38.0 Å². The van der Waals surface area contributed by atoms with Crippen LogP contribution < -0.4 is 5.32 Å². The monoisotopic (exact) mass is 485 g/mol. The molecule has 178 valence electrons. The molecule has 2 saturated heterocycles. The second kappa shape index (κ2) is 8.32. The third-order valence-electron chi connectivity index (χ3n) is 6.66. The molecule has 4 rings (SSSR count). The molecular formula is C23H23N3O7S. The first kappa shape index (κ1) is 23.6. The number of hydrogen-bond donors (Lipinski definition) is 2. The van der Waals surface area contributed by atoms with E-state index < -0.39 is 55.2 Å². The molecule has 2 aliphatic heterocycles. The SMILES string of the molecule is CC1(C)S(=O)[C@@H]2C(NC(=O)Cc3ccc([N+](=O)[O-])cc3)C(=O)N2C1(Cc1ccccc1)C(=O)O. The number of aliphatic carboxylic acids is 1. The summed E-state index contributed by atoms with van der Waals surface area (Å²) in [7, 11) is -1.77. The van der Waals surface area contributed by atoms with Gasteiger partial charge in [-0.15, -0.1) is 0 Å². The largest absolute Gasteiger partial charge is 0.479 e. The minimum atomic E-state index is -1.77. The molecular weight excluding hydrogens is 462 g/mol. The van der Waals surface area contributed by atoms with Gasteiger partial charge in [-0.25, -0.2) is 4.79 Å². The van der Waals surface area contributed by atoms with Crippen molar-refractivity contribution in [3.63, 3.8) is 0 Å². The normalized spacial score (nSPS) is 26.9. The van der Waals surface area contributed by atoms with E-state index in [0.717, 1.165) is 4.90 Å². The molecule has 2 heterocycles. The molecule has 4 atom stereocenters. The highest BCUT2D eigenvalue weighted by molar-refractivity contribution is 7.87. The highest BCUT2D eigenvalue weighted by Crippen LogP contribution is 2.52. The van der Waals surface area contributed by atoms with Crippen molar-refractivity contribution in [1.82, 2.24) is 10.2 Å². The Morgan fingerprint density at radius 1 is 1.12 bits per heavy atom. The zero-order chi connectivity index (χ0) is 24.8. The van der Waals surface area contributed by atoms with Gasteiger partial charge in [0.05, 0.1) is 26.9 Å². The quantitative estimate of drug-likeness (QED) is 0.342. The van der Waals surface area contributed by atoms with Gasteiger partial charge in [-0.2, -0.15) is 0 Å². The summed E-state index contributed by atoms with van der Waals surface area (Å²) in [5.41, 5.74) is -0.653. The van der Waals surface area contributed by atoms with Crippen LogP contribution in [0.1, 0.15) is 25.0 Å². The van der Waals surface area contributed by atoms with Crippen molar-refractivity contribution in [2.45, 2.75) is 48.4 Å². The van der Waals surface area contributed by atoms with E-state index in [1.54, 1.807) is 44.2 Å². The number of benzene rings is 2. The van der Waals surface area contributed by atoms with E-state index in [-0.39, 0.29) is 18.5 Å². The third-order valence-corrected chi connectivity index (χ3v) is 8.92. The lowest BCUT2D eigenvalue weighted by molar-refractivity contribution is -0.384. The molecule has 34 heavy (non-hydrogen) atoms. The zero-order valence-electron chi connectivity index (χ0n) is 18.5. The molecule has 11 heteroatoms. The number of nitrogens with one attached hydrogen (secondary N) is 1. The lowest BCUT2D eigenvalue weighted by Crippen LogP contribution is -2.76. The summed E-state index contributed by atoms with van der Waals surface area (Å²) in [5, 5.41) is 22.7. The summed E-state index contributed by atoms with van der Waals surface area (Å²) in [4.78, 5) is 49.7. The maximum atomic E-state index is 13.4. The Labute approximate surface area is 197 Å². The number of carboxylic acid groups (broad SMARTS) is 1. The first-order valence-electron chi connectivity index (χ1n) is 10.5. The average Bonchev–Trinajstić information content (AvgIpc) is 2.95. The van der Waals surface area contributed by atoms with Gasteiger partial charge in [-0.05, 0) is 25.0 Å². The van der Waals surface area contributed by atoms with Gasteiger partial charge in [0.25, 0.3) is 5.69 Å². The van der Waals surface area contributed by atoms with Crippen LogP contribution in [0.25, 0.3) is 0 Å². The van der Waals surface area contributed by atoms with E-state index in [1.807, 2.05) is 0 Å². The van der Waals surface area contributed by atoms with Gasteiger partial charge in [-0.1, -0.05) is 42.5 Å². The molecule has 10 nitrogen and oxygen atoms in total. The fourth-order valence-corrected chi connectivity index (χ4v) is 6.85. The molecule has 0 spiro atoms. The Balaban J connectivity index is 1.56.